The Morgan fingerprint density at radius 2 is 2.21 bits per heavy atom. The molecule has 0 amide bonds. The van der Waals surface area contributed by atoms with Gasteiger partial charge < -0.3 is 9.84 Å². The monoisotopic (exact) mass is 287 g/mol. The van der Waals surface area contributed by atoms with E-state index in [0.29, 0.717) is 5.69 Å². The molecule has 1 unspecified atom stereocenters. The zero-order valence-corrected chi connectivity index (χ0v) is 11.3. The van der Waals surface area contributed by atoms with Gasteiger partial charge >= 0.3 is 5.97 Å². The van der Waals surface area contributed by atoms with Crippen molar-refractivity contribution in [2.45, 2.75) is 12.7 Å². The van der Waals surface area contributed by atoms with Crippen molar-refractivity contribution in [1.29, 1.82) is 0 Å². The first-order valence-electron chi connectivity index (χ1n) is 5.27. The molecule has 0 aromatic carbocycles. The summed E-state index contributed by atoms with van der Waals surface area (Å²) in [5, 5.41) is 10.0. The van der Waals surface area contributed by atoms with Crippen molar-refractivity contribution >= 4 is 17.6 Å². The van der Waals surface area contributed by atoms with Gasteiger partial charge in [0.2, 0.25) is 0 Å². The maximum Gasteiger partial charge on any atom is 0.336 e. The van der Waals surface area contributed by atoms with Crippen molar-refractivity contribution in [2.75, 3.05) is 14.2 Å². The quantitative estimate of drug-likeness (QED) is 0.281. The number of pyridine rings is 1. The first kappa shape index (κ1) is 15.6. The van der Waals surface area contributed by atoms with Gasteiger partial charge in [0.05, 0.1) is 25.5 Å². The van der Waals surface area contributed by atoms with E-state index in [1.165, 1.54) is 20.3 Å². The molecule has 0 saturated heterocycles. The Labute approximate surface area is 115 Å². The van der Waals surface area contributed by atoms with Gasteiger partial charge in [0.25, 0.3) is 0 Å². The number of halogens is 1. The lowest BCUT2D eigenvalue weighted by Crippen LogP contribution is -2.13. The van der Waals surface area contributed by atoms with Gasteiger partial charge in [-0.1, -0.05) is 24.2 Å². The van der Waals surface area contributed by atoms with E-state index in [1.54, 1.807) is 6.07 Å². The van der Waals surface area contributed by atoms with Crippen LogP contribution in [0.15, 0.2) is 24.3 Å². The average Bonchev–Trinajstić information content (AvgIpc) is 2.42. The molecule has 0 aliphatic carbocycles. The number of aromatic nitrogens is 1. The standard InChI is InChI=1S/C12H14ClNO5/c1-7(12(16)17-2)10(15)9-5-4-8(6-19-18-3)14-11(9)13/h4-5,10,15H,1,6H2,2-3H3. The molecule has 0 fully saturated rings. The van der Waals surface area contributed by atoms with Crippen LogP contribution in [0.5, 0.6) is 0 Å². The molecule has 0 radical (unpaired) electrons. The number of rotatable bonds is 6. The molecule has 7 heteroatoms. The molecule has 19 heavy (non-hydrogen) atoms. The second-order valence-corrected chi connectivity index (χ2v) is 3.89. The largest absolute Gasteiger partial charge is 0.466 e. The highest BCUT2D eigenvalue weighted by Crippen LogP contribution is 2.27. The van der Waals surface area contributed by atoms with E-state index in [4.69, 9.17) is 16.5 Å². The van der Waals surface area contributed by atoms with E-state index in [9.17, 15) is 9.90 Å². The third-order valence-corrected chi connectivity index (χ3v) is 2.63. The van der Waals surface area contributed by atoms with Crippen LogP contribution in [-0.2, 0) is 25.9 Å². The second kappa shape index (κ2) is 7.20. The van der Waals surface area contributed by atoms with Gasteiger partial charge in [0, 0.05) is 5.56 Å². The molecule has 1 rings (SSSR count). The molecule has 1 atom stereocenters. The van der Waals surface area contributed by atoms with Crippen molar-refractivity contribution in [3.8, 4) is 0 Å². The Morgan fingerprint density at radius 1 is 1.53 bits per heavy atom. The van der Waals surface area contributed by atoms with Gasteiger partial charge in [-0.2, -0.15) is 0 Å². The van der Waals surface area contributed by atoms with Gasteiger partial charge in [-0.25, -0.2) is 19.6 Å². The molecule has 0 aliphatic heterocycles. The Bertz CT molecular complexity index is 477. The Balaban J connectivity index is 2.89. The molecular formula is C12H14ClNO5. The van der Waals surface area contributed by atoms with E-state index in [1.807, 2.05) is 0 Å². The van der Waals surface area contributed by atoms with Crippen LogP contribution < -0.4 is 0 Å². The van der Waals surface area contributed by atoms with Gasteiger partial charge in [0.1, 0.15) is 17.9 Å². The summed E-state index contributed by atoms with van der Waals surface area (Å²) in [4.78, 5) is 24.4. The third kappa shape index (κ3) is 4.00. The van der Waals surface area contributed by atoms with E-state index < -0.39 is 12.1 Å². The maximum absolute atomic E-state index is 11.3. The first-order valence-corrected chi connectivity index (χ1v) is 5.65. The summed E-state index contributed by atoms with van der Waals surface area (Å²) in [5.41, 5.74) is 0.664. The number of ether oxygens (including phenoxy) is 1. The minimum absolute atomic E-state index is 0.0507. The predicted molar refractivity (Wildman–Crippen MR) is 67.2 cm³/mol. The topological polar surface area (TPSA) is 77.9 Å². The molecule has 1 heterocycles. The van der Waals surface area contributed by atoms with Crippen LogP contribution >= 0.6 is 11.6 Å². The van der Waals surface area contributed by atoms with Crippen molar-refractivity contribution < 1.29 is 24.4 Å². The summed E-state index contributed by atoms with van der Waals surface area (Å²) < 4.78 is 4.47. The number of esters is 1. The SMILES string of the molecule is C=C(C(=O)OC)C(O)c1ccc(COOC)nc1Cl. The summed E-state index contributed by atoms with van der Waals surface area (Å²) in [6, 6.07) is 3.12. The van der Waals surface area contributed by atoms with Gasteiger partial charge in [0.15, 0.2) is 0 Å². The predicted octanol–water partition coefficient (Wildman–Crippen LogP) is 1.58. The molecule has 0 aliphatic rings. The molecule has 0 bridgehead atoms. The second-order valence-electron chi connectivity index (χ2n) is 3.53. The smallest absolute Gasteiger partial charge is 0.336 e. The summed E-state index contributed by atoms with van der Waals surface area (Å²) in [6.45, 7) is 3.57. The van der Waals surface area contributed by atoms with Crippen LogP contribution in [0, 0.1) is 0 Å². The Kier molecular flexibility index (Phi) is 5.91. The van der Waals surface area contributed by atoms with Crippen molar-refractivity contribution in [1.82, 2.24) is 4.98 Å². The summed E-state index contributed by atoms with van der Waals surface area (Å²) >= 11 is 5.93. The van der Waals surface area contributed by atoms with Crippen molar-refractivity contribution in [3.05, 3.63) is 40.7 Å². The zero-order chi connectivity index (χ0) is 14.4. The highest BCUT2D eigenvalue weighted by molar-refractivity contribution is 6.30. The van der Waals surface area contributed by atoms with Gasteiger partial charge in [-0.05, 0) is 6.07 Å². The fourth-order valence-electron chi connectivity index (χ4n) is 1.32. The molecule has 1 aromatic heterocycles. The Hall–Kier alpha value is -1.47. The summed E-state index contributed by atoms with van der Waals surface area (Å²) in [7, 11) is 2.57. The minimum Gasteiger partial charge on any atom is -0.466 e. The van der Waals surface area contributed by atoms with Gasteiger partial charge in [-0.15, -0.1) is 0 Å². The number of carbonyl (C=O) groups excluding carboxylic acids is 1. The molecular weight excluding hydrogens is 274 g/mol. The highest BCUT2D eigenvalue weighted by atomic mass is 35.5. The van der Waals surface area contributed by atoms with E-state index in [0.717, 1.165) is 0 Å². The molecule has 1 N–H and O–H groups in total. The lowest BCUT2D eigenvalue weighted by molar-refractivity contribution is -0.282. The van der Waals surface area contributed by atoms with Crippen molar-refractivity contribution in [3.63, 3.8) is 0 Å². The van der Waals surface area contributed by atoms with E-state index in [-0.39, 0.29) is 22.9 Å². The van der Waals surface area contributed by atoms with Crippen LogP contribution in [0.2, 0.25) is 5.15 Å². The summed E-state index contributed by atoms with van der Waals surface area (Å²) in [5.74, 6) is -0.713. The molecule has 0 spiro atoms. The van der Waals surface area contributed by atoms with Gasteiger partial charge in [-0.3, -0.25) is 0 Å². The molecule has 104 valence electrons. The number of aliphatic hydroxyl groups excluding tert-OH is 1. The van der Waals surface area contributed by atoms with E-state index in [2.05, 4.69) is 21.2 Å². The number of carbonyl (C=O) groups is 1. The number of hydrogen-bond donors (Lipinski definition) is 1. The van der Waals surface area contributed by atoms with Crippen LogP contribution in [0.4, 0.5) is 0 Å². The lowest BCUT2D eigenvalue weighted by Gasteiger charge is -2.14. The van der Waals surface area contributed by atoms with Crippen LogP contribution in [-0.4, -0.2) is 30.3 Å². The fourth-order valence-corrected chi connectivity index (χ4v) is 1.59. The zero-order valence-electron chi connectivity index (χ0n) is 10.6. The molecule has 0 saturated carbocycles. The average molecular weight is 288 g/mol. The lowest BCUT2D eigenvalue weighted by atomic mass is 10.0. The van der Waals surface area contributed by atoms with Crippen LogP contribution in [0.25, 0.3) is 0 Å². The number of nitrogens with zero attached hydrogens (tertiary/aromatic N) is 1. The van der Waals surface area contributed by atoms with Crippen LogP contribution in [0.1, 0.15) is 17.4 Å². The van der Waals surface area contributed by atoms with Crippen molar-refractivity contribution in [2.24, 2.45) is 0 Å². The maximum atomic E-state index is 11.3. The summed E-state index contributed by atoms with van der Waals surface area (Å²) in [6.07, 6.45) is -1.27. The minimum atomic E-state index is -1.27. The molecule has 1 aromatic rings. The molecule has 6 nitrogen and oxygen atoms in total. The fraction of sp³-hybridized carbons (Fsp3) is 0.333. The number of hydrogen-bond acceptors (Lipinski definition) is 6. The normalized spacial score (nSPS) is 12.0. The van der Waals surface area contributed by atoms with Crippen LogP contribution in [0.3, 0.4) is 0 Å². The van der Waals surface area contributed by atoms with E-state index >= 15 is 0 Å². The first-order chi connectivity index (χ1) is 9.01. The Morgan fingerprint density at radius 3 is 2.74 bits per heavy atom. The number of aliphatic hydroxyl groups is 1. The third-order valence-electron chi connectivity index (χ3n) is 2.33. The highest BCUT2D eigenvalue weighted by Gasteiger charge is 2.22. The number of methoxy groups -OCH3 is 1.